The number of nitrogens with zero attached hydrogens (tertiary/aromatic N) is 3. The highest BCUT2D eigenvalue weighted by Gasteiger charge is 2.33. The number of ether oxygens (including phenoxy) is 1. The highest BCUT2D eigenvalue weighted by molar-refractivity contribution is 8.26. The zero-order valence-electron chi connectivity index (χ0n) is 21.5. The summed E-state index contributed by atoms with van der Waals surface area (Å²) in [6.45, 7) is 4.47. The van der Waals surface area contributed by atoms with Gasteiger partial charge in [-0.15, -0.1) is 0 Å². The molecule has 7 nitrogen and oxygen atoms in total. The molecule has 0 bridgehead atoms. The quantitative estimate of drug-likeness (QED) is 0.193. The highest BCUT2D eigenvalue weighted by Crippen LogP contribution is 2.33. The molecular formula is C29H26N4O3S3. The summed E-state index contributed by atoms with van der Waals surface area (Å²) in [5.74, 6) is 0.106. The SMILES string of the molecule is CCc1ccc(CCOc2ccc(/C=C3\SC(=S)N(CC(=O)Nc4nc5ccc(C)cc5s4)C3=O)cc2)nc1. The van der Waals surface area contributed by atoms with Crippen LogP contribution in [-0.4, -0.2) is 44.2 Å². The van der Waals surface area contributed by atoms with E-state index in [9.17, 15) is 9.59 Å². The molecule has 2 aromatic heterocycles. The monoisotopic (exact) mass is 574 g/mol. The van der Waals surface area contributed by atoms with Crippen LogP contribution in [0.2, 0.25) is 0 Å². The van der Waals surface area contributed by atoms with Crippen molar-refractivity contribution in [3.05, 3.63) is 88.1 Å². The van der Waals surface area contributed by atoms with Crippen LogP contribution in [0.1, 0.15) is 29.3 Å². The number of fused-ring (bicyclic) bond motifs is 1. The number of rotatable bonds is 9. The molecule has 2 amide bonds. The van der Waals surface area contributed by atoms with Crippen molar-refractivity contribution in [3.8, 4) is 5.75 Å². The molecule has 1 saturated heterocycles. The number of aryl methyl sites for hydroxylation is 2. The van der Waals surface area contributed by atoms with Gasteiger partial charge in [0, 0.05) is 18.3 Å². The van der Waals surface area contributed by atoms with E-state index in [1.807, 2.05) is 61.7 Å². The van der Waals surface area contributed by atoms with E-state index in [0.29, 0.717) is 21.0 Å². The highest BCUT2D eigenvalue weighted by atomic mass is 32.2. The normalized spacial score (nSPS) is 14.4. The van der Waals surface area contributed by atoms with Crippen LogP contribution < -0.4 is 10.1 Å². The number of nitrogens with one attached hydrogen (secondary N) is 1. The van der Waals surface area contributed by atoms with Crippen LogP contribution >= 0.6 is 35.3 Å². The maximum Gasteiger partial charge on any atom is 0.266 e. The third-order valence-electron chi connectivity index (χ3n) is 6.06. The van der Waals surface area contributed by atoms with Crippen LogP contribution in [0.3, 0.4) is 0 Å². The molecule has 0 radical (unpaired) electrons. The van der Waals surface area contributed by atoms with Gasteiger partial charge in [0.05, 0.1) is 21.7 Å². The van der Waals surface area contributed by atoms with Crippen molar-refractivity contribution in [3.63, 3.8) is 0 Å². The first kappa shape index (κ1) is 27.0. The third-order valence-corrected chi connectivity index (χ3v) is 8.38. The lowest BCUT2D eigenvalue weighted by molar-refractivity contribution is -0.126. The van der Waals surface area contributed by atoms with Gasteiger partial charge >= 0.3 is 0 Å². The molecule has 1 fully saturated rings. The number of carbonyl (C=O) groups is 2. The van der Waals surface area contributed by atoms with Gasteiger partial charge in [-0.05, 0) is 66.4 Å². The predicted molar refractivity (Wildman–Crippen MR) is 162 cm³/mol. The van der Waals surface area contributed by atoms with E-state index in [0.717, 1.165) is 45.6 Å². The molecule has 0 unspecified atom stereocenters. The van der Waals surface area contributed by atoms with Crippen molar-refractivity contribution in [1.29, 1.82) is 0 Å². The van der Waals surface area contributed by atoms with Gasteiger partial charge in [0.15, 0.2) is 5.13 Å². The number of aromatic nitrogens is 2. The van der Waals surface area contributed by atoms with Gasteiger partial charge in [0.25, 0.3) is 5.91 Å². The lowest BCUT2D eigenvalue weighted by Crippen LogP contribution is -2.36. The second-order valence-corrected chi connectivity index (χ2v) is 11.7. The smallest absolute Gasteiger partial charge is 0.266 e. The van der Waals surface area contributed by atoms with E-state index in [-0.39, 0.29) is 18.4 Å². The Morgan fingerprint density at radius 2 is 1.97 bits per heavy atom. The number of thiazole rings is 1. The van der Waals surface area contributed by atoms with Crippen molar-refractivity contribution >= 4 is 72.9 Å². The first-order valence-corrected chi connectivity index (χ1v) is 14.5. The van der Waals surface area contributed by atoms with E-state index in [1.54, 1.807) is 6.08 Å². The molecule has 0 spiro atoms. The third kappa shape index (κ3) is 6.70. The van der Waals surface area contributed by atoms with Crippen LogP contribution in [0.15, 0.2) is 65.7 Å². The number of thioether (sulfide) groups is 1. The molecule has 0 atom stereocenters. The van der Waals surface area contributed by atoms with E-state index < -0.39 is 0 Å². The van der Waals surface area contributed by atoms with Crippen molar-refractivity contribution in [1.82, 2.24) is 14.9 Å². The Morgan fingerprint density at radius 3 is 2.72 bits per heavy atom. The number of thiocarbonyl (C=S) groups is 1. The van der Waals surface area contributed by atoms with Gasteiger partial charge in [-0.2, -0.15) is 0 Å². The number of benzene rings is 2. The van der Waals surface area contributed by atoms with Crippen LogP contribution in [0.25, 0.3) is 16.3 Å². The Labute approximate surface area is 240 Å². The summed E-state index contributed by atoms with van der Waals surface area (Å²) in [6, 6.07) is 17.6. The topological polar surface area (TPSA) is 84.4 Å². The summed E-state index contributed by atoms with van der Waals surface area (Å²) in [6.07, 6.45) is 5.37. The zero-order valence-corrected chi connectivity index (χ0v) is 23.9. The Kier molecular flexibility index (Phi) is 8.35. The predicted octanol–water partition coefficient (Wildman–Crippen LogP) is 6.02. The van der Waals surface area contributed by atoms with Crippen LogP contribution in [0.5, 0.6) is 5.75 Å². The summed E-state index contributed by atoms with van der Waals surface area (Å²) in [5.41, 5.74) is 5.00. The first-order chi connectivity index (χ1) is 18.9. The molecule has 10 heteroatoms. The minimum Gasteiger partial charge on any atom is -0.493 e. The van der Waals surface area contributed by atoms with Crippen molar-refractivity contribution in [2.75, 3.05) is 18.5 Å². The van der Waals surface area contributed by atoms with Gasteiger partial charge in [-0.25, -0.2) is 4.98 Å². The fourth-order valence-electron chi connectivity index (χ4n) is 3.92. The Hall–Kier alpha value is -3.60. The van der Waals surface area contributed by atoms with Crippen LogP contribution in [0.4, 0.5) is 5.13 Å². The van der Waals surface area contributed by atoms with Gasteiger partial charge < -0.3 is 10.1 Å². The van der Waals surface area contributed by atoms with E-state index in [4.69, 9.17) is 17.0 Å². The summed E-state index contributed by atoms with van der Waals surface area (Å²) in [5, 5.41) is 3.29. The molecule has 39 heavy (non-hydrogen) atoms. The molecule has 1 N–H and O–H groups in total. The van der Waals surface area contributed by atoms with Crippen molar-refractivity contribution in [2.45, 2.75) is 26.7 Å². The number of anilines is 1. The van der Waals surface area contributed by atoms with Crippen molar-refractivity contribution in [2.24, 2.45) is 0 Å². The van der Waals surface area contributed by atoms with E-state index >= 15 is 0 Å². The van der Waals surface area contributed by atoms with Crippen LogP contribution in [-0.2, 0) is 22.4 Å². The standard InChI is InChI=1S/C29H26N4O3S3/c1-3-19-5-8-21(30-16-19)12-13-36-22-9-6-20(7-10-22)15-25-27(35)33(29(37)39-25)17-26(34)32-28-31-23-11-4-18(2)14-24(23)38-28/h4-11,14-16H,3,12-13,17H2,1-2H3,(H,31,32,34)/b25-15-. The number of hydrogen-bond donors (Lipinski definition) is 1. The number of hydrogen-bond acceptors (Lipinski definition) is 8. The minimum atomic E-state index is -0.346. The number of carbonyl (C=O) groups excluding carboxylic acids is 2. The lowest BCUT2D eigenvalue weighted by Gasteiger charge is -2.13. The summed E-state index contributed by atoms with van der Waals surface area (Å²) < 4.78 is 7.20. The molecule has 198 valence electrons. The summed E-state index contributed by atoms with van der Waals surface area (Å²) in [4.78, 5) is 36.4. The zero-order chi connectivity index (χ0) is 27.4. The average Bonchev–Trinajstić information content (AvgIpc) is 3.44. The molecule has 4 aromatic rings. The molecule has 1 aliphatic heterocycles. The first-order valence-electron chi connectivity index (χ1n) is 12.5. The molecule has 0 aliphatic carbocycles. The maximum absolute atomic E-state index is 13.0. The summed E-state index contributed by atoms with van der Waals surface area (Å²) >= 11 is 7.98. The second-order valence-electron chi connectivity index (χ2n) is 8.99. The summed E-state index contributed by atoms with van der Waals surface area (Å²) in [7, 11) is 0. The Bertz CT molecular complexity index is 1560. The lowest BCUT2D eigenvalue weighted by atomic mass is 10.2. The molecular weight excluding hydrogens is 549 g/mol. The largest absolute Gasteiger partial charge is 0.493 e. The van der Waals surface area contributed by atoms with Gasteiger partial charge in [-0.1, -0.05) is 66.5 Å². The second kappa shape index (κ2) is 12.1. The molecule has 2 aromatic carbocycles. The van der Waals surface area contributed by atoms with Crippen molar-refractivity contribution < 1.29 is 14.3 Å². The van der Waals surface area contributed by atoms with E-state index in [1.165, 1.54) is 33.6 Å². The fraction of sp³-hybridized carbons (Fsp3) is 0.207. The minimum absolute atomic E-state index is 0.167. The maximum atomic E-state index is 13.0. The number of pyridine rings is 1. The van der Waals surface area contributed by atoms with Crippen LogP contribution in [0, 0.1) is 6.92 Å². The molecule has 5 rings (SSSR count). The molecule has 3 heterocycles. The van der Waals surface area contributed by atoms with Gasteiger partial charge in [-0.3, -0.25) is 19.5 Å². The Morgan fingerprint density at radius 1 is 1.15 bits per heavy atom. The van der Waals surface area contributed by atoms with Gasteiger partial charge in [0.2, 0.25) is 5.91 Å². The Balaban J connectivity index is 1.15. The number of amides is 2. The molecule has 1 aliphatic rings. The van der Waals surface area contributed by atoms with E-state index in [2.05, 4.69) is 28.3 Å². The van der Waals surface area contributed by atoms with Gasteiger partial charge in [0.1, 0.15) is 16.6 Å². The molecule has 0 saturated carbocycles. The average molecular weight is 575 g/mol. The fourth-order valence-corrected chi connectivity index (χ4v) is 6.16.